The fraction of sp³-hybridized carbons (Fsp3) is 0.118. The minimum absolute atomic E-state index is 0.205. The number of benzene rings is 2. The van der Waals surface area contributed by atoms with E-state index in [0.29, 0.717) is 0 Å². The molecular weight excluding hydrogens is 282 g/mol. The minimum Gasteiger partial charge on any atom is -0.199 e. The van der Waals surface area contributed by atoms with E-state index in [2.05, 4.69) is 4.40 Å². The summed E-state index contributed by atoms with van der Waals surface area (Å²) >= 11 is 0. The number of hydrogen-bond donors (Lipinski definition) is 0. The lowest BCUT2D eigenvalue weighted by Gasteiger charge is -1.99. The Labute approximate surface area is 125 Å². The molecule has 0 unspecified atom stereocenters. The Kier molecular flexibility index (Phi) is 4.70. The summed E-state index contributed by atoms with van der Waals surface area (Å²) in [5.41, 5.74) is 2.80. The van der Waals surface area contributed by atoms with Crippen molar-refractivity contribution in [2.75, 3.05) is 0 Å². The van der Waals surface area contributed by atoms with Crippen LogP contribution in [0.3, 0.4) is 0 Å². The first kappa shape index (κ1) is 15.2. The molecule has 21 heavy (non-hydrogen) atoms. The molecule has 0 atom stereocenters. The van der Waals surface area contributed by atoms with Crippen molar-refractivity contribution >= 4 is 22.3 Å². The molecule has 108 valence electrons. The molecule has 0 N–H and O–H groups in total. The summed E-state index contributed by atoms with van der Waals surface area (Å²) in [6.07, 6.45) is 3.26. The topological polar surface area (TPSA) is 46.5 Å². The molecule has 3 nitrogen and oxygen atoms in total. The Hall–Kier alpha value is -2.20. The quantitative estimate of drug-likeness (QED) is 0.805. The van der Waals surface area contributed by atoms with E-state index in [-0.39, 0.29) is 4.90 Å². The van der Waals surface area contributed by atoms with E-state index >= 15 is 0 Å². The third kappa shape index (κ3) is 4.39. The summed E-state index contributed by atoms with van der Waals surface area (Å²) in [4.78, 5) is 0.205. The molecule has 0 aromatic heterocycles. The van der Waals surface area contributed by atoms with E-state index in [1.807, 2.05) is 50.3 Å². The van der Waals surface area contributed by atoms with Crippen LogP contribution < -0.4 is 0 Å². The lowest BCUT2D eigenvalue weighted by atomic mass is 10.1. The Balaban J connectivity index is 2.20. The third-order valence-electron chi connectivity index (χ3n) is 2.91. The van der Waals surface area contributed by atoms with Crippen molar-refractivity contribution in [2.24, 2.45) is 4.40 Å². The first-order valence-corrected chi connectivity index (χ1v) is 8.02. The van der Waals surface area contributed by atoms with Gasteiger partial charge in [0.1, 0.15) is 0 Å². The Morgan fingerprint density at radius 2 is 1.62 bits per heavy atom. The normalized spacial score (nSPS) is 12.8. The van der Waals surface area contributed by atoms with Crippen LogP contribution in [0.15, 0.2) is 69.5 Å². The minimum atomic E-state index is -3.64. The smallest absolute Gasteiger partial charge is 0.199 e. The third-order valence-corrected chi connectivity index (χ3v) is 4.16. The molecule has 0 radical (unpaired) electrons. The highest BCUT2D eigenvalue weighted by Crippen LogP contribution is 2.13. The predicted octanol–water partition coefficient (Wildman–Crippen LogP) is 3.86. The van der Waals surface area contributed by atoms with Gasteiger partial charge in [0.15, 0.2) is 0 Å². The van der Waals surface area contributed by atoms with E-state index < -0.39 is 10.0 Å². The molecule has 0 saturated carbocycles. The maximum absolute atomic E-state index is 12.1. The van der Waals surface area contributed by atoms with E-state index in [9.17, 15) is 8.42 Å². The van der Waals surface area contributed by atoms with Crippen molar-refractivity contribution in [1.82, 2.24) is 0 Å². The van der Waals surface area contributed by atoms with Crippen LogP contribution in [0.25, 0.3) is 6.08 Å². The van der Waals surface area contributed by atoms with Crippen molar-refractivity contribution in [1.29, 1.82) is 0 Å². The van der Waals surface area contributed by atoms with E-state index in [1.165, 1.54) is 6.21 Å². The summed E-state index contributed by atoms with van der Waals surface area (Å²) in [5.74, 6) is 0. The van der Waals surface area contributed by atoms with Crippen LogP contribution in [0.2, 0.25) is 0 Å². The average Bonchev–Trinajstić information content (AvgIpc) is 2.47. The second-order valence-corrected chi connectivity index (χ2v) is 6.45. The fourth-order valence-corrected chi connectivity index (χ4v) is 2.68. The maximum atomic E-state index is 12.1. The monoisotopic (exact) mass is 299 g/mol. The molecule has 2 aromatic carbocycles. The number of rotatable bonds is 4. The Morgan fingerprint density at radius 1 is 1.00 bits per heavy atom. The average molecular weight is 299 g/mol. The highest BCUT2D eigenvalue weighted by atomic mass is 32.2. The van der Waals surface area contributed by atoms with Crippen LogP contribution in [0.5, 0.6) is 0 Å². The first-order valence-electron chi connectivity index (χ1n) is 6.58. The largest absolute Gasteiger partial charge is 0.282 e. The van der Waals surface area contributed by atoms with Gasteiger partial charge in [-0.3, -0.25) is 0 Å². The Bertz CT molecular complexity index is 758. The summed E-state index contributed by atoms with van der Waals surface area (Å²) in [5, 5.41) is 0. The highest BCUT2D eigenvalue weighted by molar-refractivity contribution is 7.90. The summed E-state index contributed by atoms with van der Waals surface area (Å²) in [6.45, 7) is 3.73. The lowest BCUT2D eigenvalue weighted by molar-refractivity contribution is 0.598. The summed E-state index contributed by atoms with van der Waals surface area (Å²) < 4.78 is 27.9. The van der Waals surface area contributed by atoms with E-state index in [0.717, 1.165) is 16.7 Å². The van der Waals surface area contributed by atoms with Crippen LogP contribution in [-0.4, -0.2) is 14.6 Å². The number of nitrogens with zero attached hydrogens (tertiary/aromatic N) is 1. The summed E-state index contributed by atoms with van der Waals surface area (Å²) in [7, 11) is -3.64. The van der Waals surface area contributed by atoms with Gasteiger partial charge in [0.05, 0.1) is 4.90 Å². The second-order valence-electron chi connectivity index (χ2n) is 4.82. The van der Waals surface area contributed by atoms with E-state index in [4.69, 9.17) is 0 Å². The SMILES string of the molecule is CC(/C=N/S(=O)(=O)c1ccc(C)cc1)=C\c1ccccc1. The lowest BCUT2D eigenvalue weighted by Crippen LogP contribution is -1.97. The molecule has 0 heterocycles. The van der Waals surface area contributed by atoms with Crippen LogP contribution in [0.1, 0.15) is 18.1 Å². The highest BCUT2D eigenvalue weighted by Gasteiger charge is 2.10. The van der Waals surface area contributed by atoms with Crippen molar-refractivity contribution in [3.05, 3.63) is 71.3 Å². The molecule has 0 saturated heterocycles. The van der Waals surface area contributed by atoms with E-state index in [1.54, 1.807) is 24.3 Å². The molecule has 4 heteroatoms. The molecule has 2 rings (SSSR count). The van der Waals surface area contributed by atoms with Gasteiger partial charge < -0.3 is 0 Å². The fourth-order valence-electron chi connectivity index (χ4n) is 1.77. The maximum Gasteiger partial charge on any atom is 0.282 e. The van der Waals surface area contributed by atoms with Crippen LogP contribution >= 0.6 is 0 Å². The number of aryl methyl sites for hydroxylation is 1. The first-order chi connectivity index (χ1) is 9.97. The Morgan fingerprint density at radius 3 is 2.24 bits per heavy atom. The van der Waals surface area contributed by atoms with Crippen LogP contribution in [-0.2, 0) is 10.0 Å². The van der Waals surface area contributed by atoms with Gasteiger partial charge in [0.2, 0.25) is 0 Å². The van der Waals surface area contributed by atoms with Gasteiger partial charge in [-0.2, -0.15) is 12.8 Å². The zero-order valence-electron chi connectivity index (χ0n) is 12.0. The molecular formula is C17H17NO2S. The van der Waals surface area contributed by atoms with Crippen molar-refractivity contribution in [2.45, 2.75) is 18.7 Å². The van der Waals surface area contributed by atoms with Crippen LogP contribution in [0, 0.1) is 6.92 Å². The zero-order chi connectivity index (χ0) is 15.3. The molecule has 0 aliphatic rings. The van der Waals surface area contributed by atoms with Crippen molar-refractivity contribution in [3.8, 4) is 0 Å². The zero-order valence-corrected chi connectivity index (χ0v) is 12.8. The molecule has 0 aliphatic heterocycles. The molecule has 2 aromatic rings. The number of hydrogen-bond acceptors (Lipinski definition) is 2. The van der Waals surface area contributed by atoms with Gasteiger partial charge in [-0.15, -0.1) is 0 Å². The van der Waals surface area contributed by atoms with Gasteiger partial charge in [-0.1, -0.05) is 54.1 Å². The number of sulfonamides is 1. The molecule has 0 bridgehead atoms. The van der Waals surface area contributed by atoms with Gasteiger partial charge in [-0.25, -0.2) is 0 Å². The molecule has 0 aliphatic carbocycles. The van der Waals surface area contributed by atoms with Crippen molar-refractivity contribution in [3.63, 3.8) is 0 Å². The van der Waals surface area contributed by atoms with Crippen LogP contribution in [0.4, 0.5) is 0 Å². The molecule has 0 fully saturated rings. The number of allylic oxidation sites excluding steroid dienone is 1. The van der Waals surface area contributed by atoms with Gasteiger partial charge in [0, 0.05) is 6.21 Å². The second kappa shape index (κ2) is 6.50. The summed E-state index contributed by atoms with van der Waals surface area (Å²) in [6, 6.07) is 16.3. The molecule has 0 amide bonds. The standard InChI is InChI=1S/C17H17NO2S/c1-14-8-10-17(11-9-14)21(19,20)18-13-15(2)12-16-6-4-3-5-7-16/h3-13H,1-2H3/b15-12+,18-13+. The predicted molar refractivity (Wildman–Crippen MR) is 86.9 cm³/mol. The van der Waals surface area contributed by atoms with Gasteiger partial charge in [0.25, 0.3) is 10.0 Å². The van der Waals surface area contributed by atoms with Gasteiger partial charge >= 0.3 is 0 Å². The molecule has 0 spiro atoms. The van der Waals surface area contributed by atoms with Crippen molar-refractivity contribution < 1.29 is 8.42 Å². The van der Waals surface area contributed by atoms with Gasteiger partial charge in [-0.05, 0) is 37.1 Å².